The zero-order valence-electron chi connectivity index (χ0n) is 9.50. The van der Waals surface area contributed by atoms with E-state index < -0.39 is 0 Å². The van der Waals surface area contributed by atoms with Crippen LogP contribution in [0.2, 0.25) is 0 Å². The van der Waals surface area contributed by atoms with Gasteiger partial charge in [-0.2, -0.15) is 0 Å². The summed E-state index contributed by atoms with van der Waals surface area (Å²) in [6.07, 6.45) is 1.71. The summed E-state index contributed by atoms with van der Waals surface area (Å²) in [6.45, 7) is 1.39. The lowest BCUT2D eigenvalue weighted by atomic mass is 10.1. The molecule has 0 atom stereocenters. The molecular weight excluding hydrogens is 214 g/mol. The Morgan fingerprint density at radius 1 is 0.941 bits per heavy atom. The molecule has 17 heavy (non-hydrogen) atoms. The van der Waals surface area contributed by atoms with Gasteiger partial charge in [-0.3, -0.25) is 0 Å². The first kappa shape index (κ1) is 10.6. The van der Waals surface area contributed by atoms with Gasteiger partial charge in [-0.15, -0.1) is 0 Å². The van der Waals surface area contributed by atoms with Gasteiger partial charge in [0, 0.05) is 23.4 Å². The molecule has 1 aromatic heterocycles. The van der Waals surface area contributed by atoms with Crippen LogP contribution in [-0.4, -0.2) is 18.2 Å². The monoisotopic (exact) mass is 229 g/mol. The van der Waals surface area contributed by atoms with Crippen molar-refractivity contribution in [1.82, 2.24) is 4.98 Å². The Morgan fingerprint density at radius 2 is 1.71 bits per heavy atom. The Bertz CT molecular complexity index is 444. The molecule has 1 fully saturated rings. The number of hydrogen-bond acceptors (Lipinski definition) is 2. The minimum Gasteiger partial charge on any atom is -0.365 e. The fraction of sp³-hybridized carbons (Fsp3) is 0.286. The third-order valence-corrected chi connectivity index (χ3v) is 3.03. The second-order valence-electron chi connectivity index (χ2n) is 4.23. The Morgan fingerprint density at radius 3 is 2.35 bits per heavy atom. The molecule has 2 aromatic rings. The van der Waals surface area contributed by atoms with Crippen molar-refractivity contribution in [3.8, 4) is 0 Å². The van der Waals surface area contributed by atoms with E-state index in [1.54, 1.807) is 0 Å². The van der Waals surface area contributed by atoms with Crippen LogP contribution < -0.4 is 0 Å². The van der Waals surface area contributed by atoms with Gasteiger partial charge >= 0.3 is 0 Å². The second-order valence-corrected chi connectivity index (χ2v) is 4.23. The highest BCUT2D eigenvalue weighted by molar-refractivity contribution is 5.17. The number of aromatic amines is 1. The van der Waals surface area contributed by atoms with Gasteiger partial charge in [0.1, 0.15) is 0 Å². The molecule has 1 N–H and O–H groups in total. The number of aromatic nitrogens is 1. The maximum atomic E-state index is 5.76. The van der Waals surface area contributed by atoms with Gasteiger partial charge in [-0.05, 0) is 12.1 Å². The van der Waals surface area contributed by atoms with Crippen LogP contribution in [0.1, 0.15) is 23.5 Å². The molecular formula is C14H15NO2. The highest BCUT2D eigenvalue weighted by Gasteiger charge is 2.24. The molecule has 0 aliphatic carbocycles. The van der Waals surface area contributed by atoms with Gasteiger partial charge in [0.15, 0.2) is 6.29 Å². The lowest BCUT2D eigenvalue weighted by molar-refractivity contribution is -0.192. The van der Waals surface area contributed by atoms with Crippen molar-refractivity contribution < 1.29 is 9.47 Å². The van der Waals surface area contributed by atoms with Gasteiger partial charge in [0.25, 0.3) is 0 Å². The molecule has 3 heteroatoms. The summed E-state index contributed by atoms with van der Waals surface area (Å²) in [7, 11) is 0. The summed E-state index contributed by atoms with van der Waals surface area (Å²) < 4.78 is 11.5. The number of nitrogens with one attached hydrogen (secondary N) is 1. The fourth-order valence-electron chi connectivity index (χ4n) is 2.08. The molecule has 2 heterocycles. The molecule has 1 saturated heterocycles. The van der Waals surface area contributed by atoms with E-state index >= 15 is 0 Å². The van der Waals surface area contributed by atoms with Gasteiger partial charge in [-0.1, -0.05) is 30.3 Å². The van der Waals surface area contributed by atoms with Crippen LogP contribution in [0.5, 0.6) is 0 Å². The predicted molar refractivity (Wildman–Crippen MR) is 64.6 cm³/mol. The van der Waals surface area contributed by atoms with Crippen LogP contribution in [-0.2, 0) is 9.47 Å². The standard InChI is InChI=1S/C14H15NO2/c1-2-5-11(6-3-1)14-16-9-12(10-17-14)13-7-4-8-15-13/h1-8,12,14-15H,9-10H2. The number of benzene rings is 1. The highest BCUT2D eigenvalue weighted by atomic mass is 16.7. The average molecular weight is 229 g/mol. The lowest BCUT2D eigenvalue weighted by Crippen LogP contribution is -2.25. The Kier molecular flexibility index (Phi) is 2.94. The molecule has 3 rings (SSSR count). The van der Waals surface area contributed by atoms with E-state index in [1.165, 1.54) is 5.69 Å². The van der Waals surface area contributed by atoms with Crippen molar-refractivity contribution in [2.24, 2.45) is 0 Å². The normalized spacial score (nSPS) is 24.7. The molecule has 0 amide bonds. The molecule has 1 aliphatic rings. The van der Waals surface area contributed by atoms with Crippen molar-refractivity contribution >= 4 is 0 Å². The predicted octanol–water partition coefficient (Wildman–Crippen LogP) is 2.84. The molecule has 1 aromatic carbocycles. The number of ether oxygens (including phenoxy) is 2. The van der Waals surface area contributed by atoms with E-state index in [9.17, 15) is 0 Å². The van der Waals surface area contributed by atoms with E-state index in [4.69, 9.17) is 9.47 Å². The summed E-state index contributed by atoms with van der Waals surface area (Å²) in [5.41, 5.74) is 2.26. The van der Waals surface area contributed by atoms with E-state index in [0.29, 0.717) is 19.1 Å². The largest absolute Gasteiger partial charge is 0.365 e. The third-order valence-electron chi connectivity index (χ3n) is 3.03. The average Bonchev–Trinajstić information content (AvgIpc) is 2.94. The van der Waals surface area contributed by atoms with Gasteiger partial charge < -0.3 is 14.5 Å². The summed E-state index contributed by atoms with van der Waals surface area (Å²) in [4.78, 5) is 3.20. The minimum atomic E-state index is -0.220. The summed E-state index contributed by atoms with van der Waals surface area (Å²) in [5, 5.41) is 0. The van der Waals surface area contributed by atoms with Crippen LogP contribution in [0, 0.1) is 0 Å². The molecule has 0 saturated carbocycles. The Hall–Kier alpha value is -1.58. The first-order valence-corrected chi connectivity index (χ1v) is 5.85. The van der Waals surface area contributed by atoms with Gasteiger partial charge in [0.2, 0.25) is 0 Å². The Balaban J connectivity index is 1.65. The van der Waals surface area contributed by atoms with E-state index in [-0.39, 0.29) is 6.29 Å². The molecule has 0 bridgehead atoms. The maximum absolute atomic E-state index is 5.76. The van der Waals surface area contributed by atoms with Crippen molar-refractivity contribution in [1.29, 1.82) is 0 Å². The molecule has 88 valence electrons. The topological polar surface area (TPSA) is 34.2 Å². The summed E-state index contributed by atoms with van der Waals surface area (Å²) >= 11 is 0. The summed E-state index contributed by atoms with van der Waals surface area (Å²) in [5.74, 6) is 0.310. The van der Waals surface area contributed by atoms with Crippen LogP contribution in [0.3, 0.4) is 0 Å². The first-order chi connectivity index (χ1) is 8.43. The fourth-order valence-corrected chi connectivity index (χ4v) is 2.08. The van der Waals surface area contributed by atoms with Crippen molar-refractivity contribution in [2.75, 3.05) is 13.2 Å². The van der Waals surface area contributed by atoms with Crippen LogP contribution in [0.4, 0.5) is 0 Å². The number of rotatable bonds is 2. The Labute approximate surface area is 100 Å². The first-order valence-electron chi connectivity index (χ1n) is 5.85. The van der Waals surface area contributed by atoms with E-state index in [1.807, 2.05) is 42.6 Å². The number of hydrogen-bond donors (Lipinski definition) is 1. The zero-order chi connectivity index (χ0) is 11.5. The molecule has 1 aliphatic heterocycles. The SMILES string of the molecule is c1ccc(C2OCC(c3ccc[nH]3)CO2)cc1. The number of H-pyrrole nitrogens is 1. The molecule has 3 nitrogen and oxygen atoms in total. The maximum Gasteiger partial charge on any atom is 0.183 e. The second kappa shape index (κ2) is 4.73. The molecule has 0 radical (unpaired) electrons. The van der Waals surface area contributed by atoms with Crippen LogP contribution in [0.25, 0.3) is 0 Å². The van der Waals surface area contributed by atoms with Crippen molar-refractivity contribution in [3.63, 3.8) is 0 Å². The molecule has 0 unspecified atom stereocenters. The van der Waals surface area contributed by atoms with Crippen molar-refractivity contribution in [3.05, 3.63) is 59.9 Å². The van der Waals surface area contributed by atoms with E-state index in [2.05, 4.69) is 11.1 Å². The van der Waals surface area contributed by atoms with Gasteiger partial charge in [0.05, 0.1) is 13.2 Å². The lowest BCUT2D eigenvalue weighted by Gasteiger charge is -2.29. The van der Waals surface area contributed by atoms with Crippen LogP contribution in [0.15, 0.2) is 48.7 Å². The van der Waals surface area contributed by atoms with Gasteiger partial charge in [-0.25, -0.2) is 0 Å². The van der Waals surface area contributed by atoms with Crippen LogP contribution >= 0.6 is 0 Å². The van der Waals surface area contributed by atoms with Crippen molar-refractivity contribution in [2.45, 2.75) is 12.2 Å². The molecule has 0 spiro atoms. The van der Waals surface area contributed by atoms with E-state index in [0.717, 1.165) is 5.56 Å². The third kappa shape index (κ3) is 2.25. The minimum absolute atomic E-state index is 0.220. The highest BCUT2D eigenvalue weighted by Crippen LogP contribution is 2.28. The quantitative estimate of drug-likeness (QED) is 0.859. The smallest absolute Gasteiger partial charge is 0.183 e. The summed E-state index contributed by atoms with van der Waals surface area (Å²) in [6, 6.07) is 14.1. The zero-order valence-corrected chi connectivity index (χ0v) is 9.50.